The third-order valence-electron chi connectivity index (χ3n) is 1.68. The minimum Gasteiger partial charge on any atom is -0.334 e. The van der Waals surface area contributed by atoms with Crippen molar-refractivity contribution in [2.75, 3.05) is 0 Å². The van der Waals surface area contributed by atoms with Crippen molar-refractivity contribution in [3.05, 3.63) is 26.4 Å². The van der Waals surface area contributed by atoms with Crippen molar-refractivity contribution >= 4 is 12.2 Å². The predicted octanol–water partition coefficient (Wildman–Crippen LogP) is 0.761. The molecule has 0 unspecified atom stereocenters. The van der Waals surface area contributed by atoms with Crippen LogP contribution in [0.5, 0.6) is 0 Å². The van der Waals surface area contributed by atoms with E-state index in [0.29, 0.717) is 16.0 Å². The van der Waals surface area contributed by atoms with Gasteiger partial charge in [-0.2, -0.15) is 0 Å². The quantitative estimate of drug-likeness (QED) is 0.565. The second-order valence-electron chi connectivity index (χ2n) is 2.74. The van der Waals surface area contributed by atoms with Gasteiger partial charge in [0.05, 0.1) is 0 Å². The van der Waals surface area contributed by atoms with Crippen molar-refractivity contribution in [3.63, 3.8) is 0 Å². The number of hydrogen-bond donors (Lipinski definition) is 3. The van der Waals surface area contributed by atoms with E-state index in [-0.39, 0.29) is 11.6 Å². The van der Waals surface area contributed by atoms with Gasteiger partial charge in [-0.3, -0.25) is 9.78 Å². The maximum absolute atomic E-state index is 11.2. The number of nitrogens with one attached hydrogen (secondary N) is 2. The smallest absolute Gasteiger partial charge is 0.254 e. The first-order chi connectivity index (χ1) is 5.52. The van der Waals surface area contributed by atoms with E-state index in [1.807, 2.05) is 0 Å². The van der Waals surface area contributed by atoms with E-state index < -0.39 is 0 Å². The van der Waals surface area contributed by atoms with Crippen LogP contribution in [-0.2, 0) is 0 Å². The summed E-state index contributed by atoms with van der Waals surface area (Å²) in [5, 5.41) is 0. The first kappa shape index (κ1) is 9.15. The van der Waals surface area contributed by atoms with Crippen LogP contribution in [0.3, 0.4) is 0 Å². The first-order valence-corrected chi connectivity index (χ1v) is 4.02. The highest BCUT2D eigenvalue weighted by Crippen LogP contribution is 2.06. The molecule has 4 nitrogen and oxygen atoms in total. The van der Waals surface area contributed by atoms with E-state index in [2.05, 4.69) is 9.97 Å². The summed E-state index contributed by atoms with van der Waals surface area (Å²) in [6.07, 6.45) is 0. The van der Waals surface area contributed by atoms with Crippen LogP contribution in [0.15, 0.2) is 4.79 Å². The molecule has 0 aromatic carbocycles. The van der Waals surface area contributed by atoms with Crippen LogP contribution < -0.4 is 11.3 Å². The van der Waals surface area contributed by atoms with E-state index in [1.165, 1.54) is 0 Å². The van der Waals surface area contributed by atoms with Crippen molar-refractivity contribution in [3.8, 4) is 0 Å². The molecule has 0 aliphatic carbocycles. The maximum Gasteiger partial charge on any atom is 0.254 e. The average molecular weight is 185 g/mol. The SMILES string of the molecule is Cc1c([C@H](C)N)[nH]c(=S)[nH]c1=O. The molecule has 0 saturated heterocycles. The maximum atomic E-state index is 11.2. The fraction of sp³-hybridized carbons (Fsp3) is 0.429. The van der Waals surface area contributed by atoms with Crippen molar-refractivity contribution in [2.45, 2.75) is 19.9 Å². The van der Waals surface area contributed by atoms with Gasteiger partial charge in [0.2, 0.25) is 0 Å². The molecular weight excluding hydrogens is 174 g/mol. The lowest BCUT2D eigenvalue weighted by atomic mass is 10.1. The molecule has 5 heteroatoms. The summed E-state index contributed by atoms with van der Waals surface area (Å²) >= 11 is 4.80. The highest BCUT2D eigenvalue weighted by Gasteiger charge is 2.06. The Morgan fingerprint density at radius 1 is 1.50 bits per heavy atom. The Labute approximate surface area is 74.8 Å². The number of aromatic nitrogens is 2. The van der Waals surface area contributed by atoms with E-state index in [0.717, 1.165) is 0 Å². The third-order valence-corrected chi connectivity index (χ3v) is 1.88. The average Bonchev–Trinajstić information content (AvgIpc) is 1.96. The lowest BCUT2D eigenvalue weighted by Gasteiger charge is -2.07. The largest absolute Gasteiger partial charge is 0.334 e. The summed E-state index contributed by atoms with van der Waals surface area (Å²) in [4.78, 5) is 16.5. The summed E-state index contributed by atoms with van der Waals surface area (Å²) < 4.78 is 0.318. The van der Waals surface area contributed by atoms with E-state index in [9.17, 15) is 4.79 Å². The van der Waals surface area contributed by atoms with Gasteiger partial charge in [0, 0.05) is 17.3 Å². The van der Waals surface area contributed by atoms with E-state index in [4.69, 9.17) is 18.0 Å². The third kappa shape index (κ3) is 1.62. The summed E-state index contributed by atoms with van der Waals surface area (Å²) in [5.74, 6) is 0. The van der Waals surface area contributed by atoms with Gasteiger partial charge in [0.15, 0.2) is 4.77 Å². The zero-order chi connectivity index (χ0) is 9.30. The molecule has 0 radical (unpaired) electrons. The summed E-state index contributed by atoms with van der Waals surface area (Å²) in [7, 11) is 0. The molecule has 0 bridgehead atoms. The van der Waals surface area contributed by atoms with Crippen LogP contribution >= 0.6 is 12.2 Å². The van der Waals surface area contributed by atoms with E-state index in [1.54, 1.807) is 13.8 Å². The van der Waals surface area contributed by atoms with Crippen molar-refractivity contribution < 1.29 is 0 Å². The van der Waals surface area contributed by atoms with Crippen molar-refractivity contribution in [1.82, 2.24) is 9.97 Å². The lowest BCUT2D eigenvalue weighted by molar-refractivity contribution is 0.755. The minimum atomic E-state index is -0.200. The van der Waals surface area contributed by atoms with Crippen LogP contribution in [0.2, 0.25) is 0 Å². The molecule has 1 rings (SSSR count). The van der Waals surface area contributed by atoms with Crippen LogP contribution in [0.25, 0.3) is 0 Å². The zero-order valence-corrected chi connectivity index (χ0v) is 7.79. The summed E-state index contributed by atoms with van der Waals surface area (Å²) in [6, 6.07) is -0.200. The fourth-order valence-electron chi connectivity index (χ4n) is 1.02. The van der Waals surface area contributed by atoms with Gasteiger partial charge in [0.25, 0.3) is 5.56 Å². The molecule has 0 aliphatic rings. The number of hydrogen-bond acceptors (Lipinski definition) is 3. The van der Waals surface area contributed by atoms with Crippen LogP contribution in [0, 0.1) is 11.7 Å². The van der Waals surface area contributed by atoms with Crippen LogP contribution in [0.1, 0.15) is 24.2 Å². The van der Waals surface area contributed by atoms with Gasteiger partial charge < -0.3 is 10.7 Å². The highest BCUT2D eigenvalue weighted by molar-refractivity contribution is 7.71. The second kappa shape index (κ2) is 3.20. The molecule has 0 aliphatic heterocycles. The standard InChI is InChI=1S/C7H11N3OS/c1-3-5(4(2)8)9-7(12)10-6(3)11/h4H,8H2,1-2H3,(H2,9,10,11,12)/t4-/m0/s1. The molecule has 0 fully saturated rings. The monoisotopic (exact) mass is 185 g/mol. The minimum absolute atomic E-state index is 0.175. The van der Waals surface area contributed by atoms with Crippen LogP contribution in [0.4, 0.5) is 0 Å². The molecule has 1 aromatic rings. The van der Waals surface area contributed by atoms with Gasteiger partial charge in [0.1, 0.15) is 0 Å². The zero-order valence-electron chi connectivity index (χ0n) is 6.97. The number of aromatic amines is 2. The molecule has 66 valence electrons. The Morgan fingerprint density at radius 2 is 2.08 bits per heavy atom. The number of H-pyrrole nitrogens is 2. The topological polar surface area (TPSA) is 74.7 Å². The first-order valence-electron chi connectivity index (χ1n) is 3.61. The molecule has 1 heterocycles. The second-order valence-corrected chi connectivity index (χ2v) is 3.14. The molecule has 0 amide bonds. The van der Waals surface area contributed by atoms with Gasteiger partial charge in [-0.15, -0.1) is 0 Å². The van der Waals surface area contributed by atoms with Crippen LogP contribution in [-0.4, -0.2) is 9.97 Å². The van der Waals surface area contributed by atoms with Crippen molar-refractivity contribution in [2.24, 2.45) is 5.73 Å². The Kier molecular flexibility index (Phi) is 2.44. The normalized spacial score (nSPS) is 12.9. The molecule has 1 atom stereocenters. The lowest BCUT2D eigenvalue weighted by Crippen LogP contribution is -2.19. The molecule has 12 heavy (non-hydrogen) atoms. The molecule has 4 N–H and O–H groups in total. The number of nitrogens with two attached hydrogens (primary N) is 1. The molecule has 0 spiro atoms. The Morgan fingerprint density at radius 3 is 2.58 bits per heavy atom. The van der Waals surface area contributed by atoms with Gasteiger partial charge in [-0.05, 0) is 26.1 Å². The molecular formula is C7H11N3OS. The van der Waals surface area contributed by atoms with Gasteiger partial charge >= 0.3 is 0 Å². The fourth-order valence-corrected chi connectivity index (χ4v) is 1.22. The molecule has 1 aromatic heterocycles. The highest BCUT2D eigenvalue weighted by atomic mass is 32.1. The Hall–Kier alpha value is -0.940. The van der Waals surface area contributed by atoms with E-state index >= 15 is 0 Å². The predicted molar refractivity (Wildman–Crippen MR) is 49.6 cm³/mol. The summed E-state index contributed by atoms with van der Waals surface area (Å²) in [5.41, 5.74) is 6.74. The van der Waals surface area contributed by atoms with Crippen molar-refractivity contribution in [1.29, 1.82) is 0 Å². The Balaban J connectivity index is 3.49. The summed E-state index contributed by atoms with van der Waals surface area (Å²) in [6.45, 7) is 3.51. The van der Waals surface area contributed by atoms with Gasteiger partial charge in [-0.25, -0.2) is 0 Å². The number of rotatable bonds is 1. The van der Waals surface area contributed by atoms with Gasteiger partial charge in [-0.1, -0.05) is 0 Å². The Bertz CT molecular complexity index is 390. The molecule has 0 saturated carbocycles.